The Bertz CT molecular complexity index is 788. The molecule has 1 aromatic heterocycles. The second-order valence-electron chi connectivity index (χ2n) is 6.78. The van der Waals surface area contributed by atoms with Gasteiger partial charge in [0.25, 0.3) is 5.91 Å². The summed E-state index contributed by atoms with van der Waals surface area (Å²) in [6.45, 7) is 3.70. The van der Waals surface area contributed by atoms with Gasteiger partial charge in [0, 0.05) is 36.4 Å². The second-order valence-corrected chi connectivity index (χ2v) is 7.22. The van der Waals surface area contributed by atoms with Crippen molar-refractivity contribution in [2.24, 2.45) is 0 Å². The van der Waals surface area contributed by atoms with Gasteiger partial charge >= 0.3 is 0 Å². The quantitative estimate of drug-likeness (QED) is 0.806. The van der Waals surface area contributed by atoms with Crippen LogP contribution in [0.25, 0.3) is 0 Å². The van der Waals surface area contributed by atoms with Crippen molar-refractivity contribution in [3.63, 3.8) is 0 Å². The van der Waals surface area contributed by atoms with E-state index in [1.165, 1.54) is 6.42 Å². The Morgan fingerprint density at radius 1 is 1.08 bits per heavy atom. The molecule has 0 N–H and O–H groups in total. The smallest absolute Gasteiger partial charge is 0.255 e. The third-order valence-corrected chi connectivity index (χ3v) is 5.20. The number of fused-ring (bicyclic) bond motifs is 1. The van der Waals surface area contributed by atoms with Crippen LogP contribution in [0.2, 0.25) is 5.02 Å². The Hall–Kier alpha value is -2.27. The van der Waals surface area contributed by atoms with Crippen molar-refractivity contribution < 1.29 is 9.53 Å². The van der Waals surface area contributed by atoms with E-state index >= 15 is 0 Å². The van der Waals surface area contributed by atoms with Gasteiger partial charge in [-0.1, -0.05) is 11.6 Å². The molecule has 1 saturated heterocycles. The zero-order valence-corrected chi connectivity index (χ0v) is 15.4. The molecule has 4 rings (SSSR count). The van der Waals surface area contributed by atoms with Gasteiger partial charge in [-0.3, -0.25) is 4.79 Å². The van der Waals surface area contributed by atoms with Crippen LogP contribution in [-0.4, -0.2) is 42.0 Å². The fourth-order valence-electron chi connectivity index (χ4n) is 3.54. The fraction of sp³-hybridized carbons (Fsp3) is 0.400. The third-order valence-electron chi connectivity index (χ3n) is 4.96. The number of halogens is 1. The zero-order valence-electron chi connectivity index (χ0n) is 14.7. The summed E-state index contributed by atoms with van der Waals surface area (Å²) in [6, 6.07) is 9.49. The van der Waals surface area contributed by atoms with Gasteiger partial charge in [-0.2, -0.15) is 0 Å². The number of anilines is 1. The lowest BCUT2D eigenvalue weighted by atomic mass is 10.1. The minimum atomic E-state index is 0.0834. The molecule has 0 unspecified atom stereocenters. The molecule has 1 aromatic carbocycles. The lowest BCUT2D eigenvalue weighted by Crippen LogP contribution is -2.35. The number of pyridine rings is 1. The van der Waals surface area contributed by atoms with Crippen molar-refractivity contribution in [2.75, 3.05) is 31.1 Å². The molecule has 5 nitrogen and oxygen atoms in total. The molecule has 0 atom stereocenters. The largest absolute Gasteiger partial charge is 0.491 e. The van der Waals surface area contributed by atoms with E-state index in [9.17, 15) is 4.79 Å². The first kappa shape index (κ1) is 17.2. The van der Waals surface area contributed by atoms with Crippen LogP contribution < -0.4 is 9.64 Å². The SMILES string of the molecule is O=C(c1ccc(N2CCOc3ccc(Cl)cc3C2)nc1)N1CCCCC1. The maximum Gasteiger partial charge on any atom is 0.255 e. The van der Waals surface area contributed by atoms with Crippen LogP contribution >= 0.6 is 11.6 Å². The number of carbonyl (C=O) groups excluding carboxylic acids is 1. The first-order chi connectivity index (χ1) is 12.7. The molecule has 1 amide bonds. The number of carbonyl (C=O) groups is 1. The summed E-state index contributed by atoms with van der Waals surface area (Å²) in [4.78, 5) is 21.2. The highest BCUT2D eigenvalue weighted by molar-refractivity contribution is 6.30. The number of benzene rings is 1. The third kappa shape index (κ3) is 3.63. The first-order valence-corrected chi connectivity index (χ1v) is 9.50. The number of hydrogen-bond acceptors (Lipinski definition) is 4. The normalized spacial score (nSPS) is 17.3. The molecule has 0 aliphatic carbocycles. The van der Waals surface area contributed by atoms with Crippen LogP contribution in [0.3, 0.4) is 0 Å². The van der Waals surface area contributed by atoms with E-state index in [2.05, 4.69) is 9.88 Å². The van der Waals surface area contributed by atoms with Gasteiger partial charge < -0.3 is 14.5 Å². The summed E-state index contributed by atoms with van der Waals surface area (Å²) in [5, 5.41) is 0.699. The lowest BCUT2D eigenvalue weighted by molar-refractivity contribution is 0.0724. The monoisotopic (exact) mass is 371 g/mol. The number of ether oxygens (including phenoxy) is 1. The molecule has 1 fully saturated rings. The van der Waals surface area contributed by atoms with E-state index in [-0.39, 0.29) is 5.91 Å². The van der Waals surface area contributed by atoms with Gasteiger partial charge in [0.05, 0.1) is 12.1 Å². The minimum absolute atomic E-state index is 0.0834. The minimum Gasteiger partial charge on any atom is -0.491 e. The Kier molecular flexibility index (Phi) is 4.98. The molecular weight excluding hydrogens is 350 g/mol. The van der Waals surface area contributed by atoms with Crippen LogP contribution in [0.4, 0.5) is 5.82 Å². The highest BCUT2D eigenvalue weighted by Gasteiger charge is 2.20. The summed E-state index contributed by atoms with van der Waals surface area (Å²) in [6.07, 6.45) is 5.08. The molecule has 2 aliphatic heterocycles. The maximum absolute atomic E-state index is 12.6. The van der Waals surface area contributed by atoms with Crippen LogP contribution in [0, 0.1) is 0 Å². The van der Waals surface area contributed by atoms with E-state index in [0.29, 0.717) is 23.7 Å². The molecule has 0 spiro atoms. The summed E-state index contributed by atoms with van der Waals surface area (Å²) in [5.74, 6) is 1.80. The molecule has 6 heteroatoms. The van der Waals surface area contributed by atoms with Crippen LogP contribution in [0.1, 0.15) is 35.2 Å². The Labute approximate surface area is 158 Å². The predicted octanol–water partition coefficient (Wildman–Crippen LogP) is 3.76. The molecule has 0 radical (unpaired) electrons. The standard InChI is InChI=1S/C20H22ClN3O2/c21-17-5-6-18-16(12-17)14-24(10-11-26-18)19-7-4-15(13-22-19)20(25)23-8-2-1-3-9-23/h4-7,12-13H,1-3,8-11,14H2. The number of hydrogen-bond donors (Lipinski definition) is 0. The van der Waals surface area contributed by atoms with Crippen molar-refractivity contribution in [3.05, 3.63) is 52.7 Å². The van der Waals surface area contributed by atoms with Gasteiger partial charge in [0.1, 0.15) is 18.2 Å². The molecule has 0 saturated carbocycles. The lowest BCUT2D eigenvalue weighted by Gasteiger charge is -2.27. The molecular formula is C20H22ClN3O2. The van der Waals surface area contributed by atoms with Gasteiger partial charge in [-0.05, 0) is 49.6 Å². The first-order valence-electron chi connectivity index (χ1n) is 9.12. The van der Waals surface area contributed by atoms with Crippen molar-refractivity contribution in [3.8, 4) is 5.75 Å². The second kappa shape index (κ2) is 7.54. The van der Waals surface area contributed by atoms with Crippen molar-refractivity contribution in [1.82, 2.24) is 9.88 Å². The number of aromatic nitrogens is 1. The number of piperidine rings is 1. The fourth-order valence-corrected chi connectivity index (χ4v) is 3.73. The van der Waals surface area contributed by atoms with Gasteiger partial charge in [0.2, 0.25) is 0 Å². The molecule has 2 aliphatic rings. The molecule has 136 valence electrons. The highest BCUT2D eigenvalue weighted by atomic mass is 35.5. The average molecular weight is 372 g/mol. The maximum atomic E-state index is 12.6. The Balaban J connectivity index is 1.50. The zero-order chi connectivity index (χ0) is 17.9. The van der Waals surface area contributed by atoms with Gasteiger partial charge in [-0.25, -0.2) is 4.98 Å². The van der Waals surface area contributed by atoms with Crippen LogP contribution in [-0.2, 0) is 6.54 Å². The van der Waals surface area contributed by atoms with Crippen LogP contribution in [0.15, 0.2) is 36.5 Å². The predicted molar refractivity (Wildman–Crippen MR) is 102 cm³/mol. The summed E-state index contributed by atoms with van der Waals surface area (Å²) in [5.41, 5.74) is 1.70. The number of nitrogens with zero attached hydrogens (tertiary/aromatic N) is 3. The summed E-state index contributed by atoms with van der Waals surface area (Å²) < 4.78 is 5.81. The Morgan fingerprint density at radius 3 is 2.69 bits per heavy atom. The number of rotatable bonds is 2. The van der Waals surface area contributed by atoms with Gasteiger partial charge in [-0.15, -0.1) is 0 Å². The summed E-state index contributed by atoms with van der Waals surface area (Å²) >= 11 is 6.12. The van der Waals surface area contributed by atoms with Crippen molar-refractivity contribution in [2.45, 2.75) is 25.8 Å². The van der Waals surface area contributed by atoms with Crippen molar-refractivity contribution >= 4 is 23.3 Å². The molecule has 3 heterocycles. The number of amides is 1. The topological polar surface area (TPSA) is 45.7 Å². The van der Waals surface area contributed by atoms with E-state index in [4.69, 9.17) is 16.3 Å². The van der Waals surface area contributed by atoms with E-state index < -0.39 is 0 Å². The summed E-state index contributed by atoms with van der Waals surface area (Å²) in [7, 11) is 0. The molecule has 0 bridgehead atoms. The van der Waals surface area contributed by atoms with E-state index in [1.54, 1.807) is 6.20 Å². The van der Waals surface area contributed by atoms with Crippen LogP contribution in [0.5, 0.6) is 5.75 Å². The molecule has 26 heavy (non-hydrogen) atoms. The average Bonchev–Trinajstić information content (AvgIpc) is 2.90. The highest BCUT2D eigenvalue weighted by Crippen LogP contribution is 2.28. The van der Waals surface area contributed by atoms with E-state index in [1.807, 2.05) is 35.2 Å². The molecule has 2 aromatic rings. The van der Waals surface area contributed by atoms with E-state index in [0.717, 1.165) is 49.6 Å². The number of likely N-dealkylation sites (tertiary alicyclic amines) is 1. The van der Waals surface area contributed by atoms with Gasteiger partial charge in [0.15, 0.2) is 0 Å². The Morgan fingerprint density at radius 2 is 1.92 bits per heavy atom. The van der Waals surface area contributed by atoms with Crippen molar-refractivity contribution in [1.29, 1.82) is 0 Å².